The van der Waals surface area contributed by atoms with E-state index in [4.69, 9.17) is 4.42 Å². The van der Waals surface area contributed by atoms with Gasteiger partial charge in [0, 0.05) is 18.8 Å². The number of rotatable bonds is 3. The zero-order valence-electron chi connectivity index (χ0n) is 12.0. The molecule has 2 aliphatic rings. The maximum absolute atomic E-state index is 12.4. The van der Waals surface area contributed by atoms with Crippen molar-refractivity contribution >= 4 is 5.78 Å². The van der Waals surface area contributed by atoms with Crippen molar-refractivity contribution in [3.63, 3.8) is 0 Å². The summed E-state index contributed by atoms with van der Waals surface area (Å²) in [6.07, 6.45) is 2.73. The predicted octanol–water partition coefficient (Wildman–Crippen LogP) is 3.02. The van der Waals surface area contributed by atoms with Gasteiger partial charge in [-0.3, -0.25) is 4.79 Å². The molecule has 1 fully saturated rings. The number of aryl methyl sites for hydroxylation is 1. The quantitative estimate of drug-likeness (QED) is 0.945. The summed E-state index contributed by atoms with van der Waals surface area (Å²) in [5, 5.41) is 10.6. The van der Waals surface area contributed by atoms with E-state index in [1.807, 2.05) is 30.3 Å². The van der Waals surface area contributed by atoms with Crippen molar-refractivity contribution in [3.8, 4) is 5.75 Å². The monoisotopic (exact) mass is 296 g/mol. The highest BCUT2D eigenvalue weighted by Crippen LogP contribution is 2.48. The summed E-state index contributed by atoms with van der Waals surface area (Å²) in [5.41, 5.74) is 0.948. The average Bonchev–Trinajstić information content (AvgIpc) is 3.28. The second-order valence-corrected chi connectivity index (χ2v) is 6.10. The van der Waals surface area contributed by atoms with E-state index in [1.165, 1.54) is 0 Å². The van der Waals surface area contributed by atoms with Crippen LogP contribution in [0, 0.1) is 5.92 Å². The second-order valence-electron chi connectivity index (χ2n) is 6.10. The van der Waals surface area contributed by atoms with Crippen LogP contribution >= 0.6 is 0 Å². The van der Waals surface area contributed by atoms with Gasteiger partial charge in [0.25, 0.3) is 0 Å². The second kappa shape index (κ2) is 4.83. The van der Waals surface area contributed by atoms with Gasteiger partial charge in [0.1, 0.15) is 11.5 Å². The van der Waals surface area contributed by atoms with Crippen LogP contribution in [-0.4, -0.2) is 10.9 Å². The third-order valence-corrected chi connectivity index (χ3v) is 4.63. The number of ketones is 1. The van der Waals surface area contributed by atoms with Gasteiger partial charge in [0.05, 0.1) is 11.1 Å². The highest BCUT2D eigenvalue weighted by molar-refractivity contribution is 6.02. The first-order chi connectivity index (χ1) is 10.7. The molecule has 0 spiro atoms. The number of hydrogen-bond acceptors (Lipinski definition) is 4. The molecule has 112 valence electrons. The molecule has 0 bridgehead atoms. The summed E-state index contributed by atoms with van der Waals surface area (Å²) in [4.78, 5) is 24.4. The molecular formula is C18H16O4. The van der Waals surface area contributed by atoms with Crippen LogP contribution in [-0.2, 0) is 6.42 Å². The van der Waals surface area contributed by atoms with Gasteiger partial charge in [-0.05, 0) is 24.3 Å². The van der Waals surface area contributed by atoms with Crippen LogP contribution in [0.15, 0.2) is 39.5 Å². The molecule has 1 aromatic heterocycles. The van der Waals surface area contributed by atoms with Crippen LogP contribution in [0.4, 0.5) is 0 Å². The van der Waals surface area contributed by atoms with Gasteiger partial charge < -0.3 is 9.52 Å². The van der Waals surface area contributed by atoms with Crippen molar-refractivity contribution in [2.45, 2.75) is 31.6 Å². The Kier molecular flexibility index (Phi) is 2.93. The molecule has 1 aromatic carbocycles. The summed E-state index contributed by atoms with van der Waals surface area (Å²) in [7, 11) is 0. The Morgan fingerprint density at radius 2 is 1.82 bits per heavy atom. The molecule has 1 saturated carbocycles. The van der Waals surface area contributed by atoms with Gasteiger partial charge in [-0.15, -0.1) is 0 Å². The average molecular weight is 296 g/mol. The van der Waals surface area contributed by atoms with Gasteiger partial charge in [0.15, 0.2) is 5.78 Å². The third-order valence-electron chi connectivity index (χ3n) is 4.63. The normalized spacial score (nSPS) is 18.3. The molecular weight excluding hydrogens is 280 g/mol. The van der Waals surface area contributed by atoms with Crippen molar-refractivity contribution in [2.24, 2.45) is 5.92 Å². The van der Waals surface area contributed by atoms with Crippen molar-refractivity contribution in [2.75, 3.05) is 0 Å². The first kappa shape index (κ1) is 13.3. The third kappa shape index (κ3) is 1.98. The Labute approximate surface area is 127 Å². The maximum Gasteiger partial charge on any atom is 0.343 e. The molecule has 1 atom stereocenters. The lowest BCUT2D eigenvalue weighted by molar-refractivity contribution is 0.0992. The van der Waals surface area contributed by atoms with Crippen molar-refractivity contribution < 1.29 is 14.3 Å². The molecule has 22 heavy (non-hydrogen) atoms. The molecule has 4 nitrogen and oxygen atoms in total. The fourth-order valence-corrected chi connectivity index (χ4v) is 3.44. The molecule has 1 N–H and O–H groups in total. The van der Waals surface area contributed by atoms with Crippen LogP contribution in [0.3, 0.4) is 0 Å². The summed E-state index contributed by atoms with van der Waals surface area (Å²) in [5.74, 6) is 0.162. The molecule has 0 aliphatic heterocycles. The van der Waals surface area contributed by atoms with E-state index in [-0.39, 0.29) is 28.6 Å². The van der Waals surface area contributed by atoms with Crippen molar-refractivity contribution in [3.05, 3.63) is 63.2 Å². The largest absolute Gasteiger partial charge is 0.506 e. The van der Waals surface area contributed by atoms with Gasteiger partial charge >= 0.3 is 5.63 Å². The van der Waals surface area contributed by atoms with Gasteiger partial charge in [-0.25, -0.2) is 4.79 Å². The van der Waals surface area contributed by atoms with E-state index >= 15 is 0 Å². The predicted molar refractivity (Wildman–Crippen MR) is 80.3 cm³/mol. The molecule has 1 unspecified atom stereocenters. The van der Waals surface area contributed by atoms with E-state index in [0.717, 1.165) is 18.4 Å². The fraction of sp³-hybridized carbons (Fsp3) is 0.333. The minimum Gasteiger partial charge on any atom is -0.506 e. The first-order valence-electron chi connectivity index (χ1n) is 7.64. The first-order valence-corrected chi connectivity index (χ1v) is 7.64. The fourth-order valence-electron chi connectivity index (χ4n) is 3.44. The zero-order chi connectivity index (χ0) is 15.3. The van der Waals surface area contributed by atoms with E-state index < -0.39 is 5.63 Å². The number of benzene rings is 1. The van der Waals surface area contributed by atoms with Crippen LogP contribution in [0.2, 0.25) is 0 Å². The van der Waals surface area contributed by atoms with E-state index in [0.29, 0.717) is 24.5 Å². The molecule has 4 rings (SSSR count). The lowest BCUT2D eigenvalue weighted by atomic mass is 9.86. The summed E-state index contributed by atoms with van der Waals surface area (Å²) in [6, 6.07) is 9.67. The van der Waals surface area contributed by atoms with E-state index in [1.54, 1.807) is 0 Å². The number of Topliss-reactive ketones (excluding diaryl/α,β-unsaturated/α-hetero) is 1. The van der Waals surface area contributed by atoms with Crippen molar-refractivity contribution in [1.29, 1.82) is 0 Å². The highest BCUT2D eigenvalue weighted by atomic mass is 16.4. The SMILES string of the molecule is O=C1CCc2oc(=O)c(C(c3ccccc3)C3CC3)c(O)c21. The van der Waals surface area contributed by atoms with Crippen LogP contribution in [0.1, 0.15) is 52.4 Å². The Morgan fingerprint density at radius 3 is 2.50 bits per heavy atom. The molecule has 1 heterocycles. The zero-order valence-corrected chi connectivity index (χ0v) is 12.0. The molecule has 2 aromatic rings. The molecule has 0 saturated heterocycles. The molecule has 2 aliphatic carbocycles. The summed E-state index contributed by atoms with van der Waals surface area (Å²) >= 11 is 0. The van der Waals surface area contributed by atoms with Crippen LogP contribution < -0.4 is 5.63 Å². The summed E-state index contributed by atoms with van der Waals surface area (Å²) in [6.45, 7) is 0. The number of fused-ring (bicyclic) bond motifs is 1. The molecule has 4 heteroatoms. The van der Waals surface area contributed by atoms with Gasteiger partial charge in [0.2, 0.25) is 0 Å². The Hall–Kier alpha value is -2.36. The molecule has 0 amide bonds. The minimum absolute atomic E-state index is 0.139. The Morgan fingerprint density at radius 1 is 1.09 bits per heavy atom. The van der Waals surface area contributed by atoms with Gasteiger partial charge in [-0.1, -0.05) is 30.3 Å². The molecule has 0 radical (unpaired) electrons. The number of carbonyl (C=O) groups is 1. The Balaban J connectivity index is 1.93. The van der Waals surface area contributed by atoms with Crippen LogP contribution in [0.25, 0.3) is 0 Å². The number of aromatic hydroxyl groups is 1. The summed E-state index contributed by atoms with van der Waals surface area (Å²) < 4.78 is 5.35. The lowest BCUT2D eigenvalue weighted by Gasteiger charge is -2.18. The van der Waals surface area contributed by atoms with Crippen LogP contribution in [0.5, 0.6) is 5.75 Å². The van der Waals surface area contributed by atoms with Gasteiger partial charge in [-0.2, -0.15) is 0 Å². The standard InChI is InChI=1S/C18H16O4/c19-12-8-9-13-15(12)17(20)16(18(21)22-13)14(11-6-7-11)10-4-2-1-3-5-10/h1-5,11,14,20H,6-9H2. The maximum atomic E-state index is 12.4. The van der Waals surface area contributed by atoms with E-state index in [9.17, 15) is 14.7 Å². The highest BCUT2D eigenvalue weighted by Gasteiger charge is 2.39. The number of hydrogen-bond donors (Lipinski definition) is 1. The Bertz CT molecular complexity index is 800. The number of carbonyl (C=O) groups excluding carboxylic acids is 1. The van der Waals surface area contributed by atoms with Crippen molar-refractivity contribution in [1.82, 2.24) is 0 Å². The topological polar surface area (TPSA) is 67.5 Å². The smallest absolute Gasteiger partial charge is 0.343 e. The van der Waals surface area contributed by atoms with E-state index in [2.05, 4.69) is 0 Å². The minimum atomic E-state index is -0.508. The lowest BCUT2D eigenvalue weighted by Crippen LogP contribution is -2.17.